The molecular formula is C22H28N2O4S. The fraction of sp³-hybridized carbons (Fsp3) is 0.409. The first-order valence-electron chi connectivity index (χ1n) is 9.92. The van der Waals surface area contributed by atoms with Gasteiger partial charge >= 0.3 is 0 Å². The summed E-state index contributed by atoms with van der Waals surface area (Å²) in [6.45, 7) is 4.32. The Morgan fingerprint density at radius 2 is 1.79 bits per heavy atom. The lowest BCUT2D eigenvalue weighted by Crippen LogP contribution is -2.41. The molecule has 6 nitrogen and oxygen atoms in total. The van der Waals surface area contributed by atoms with Crippen molar-refractivity contribution in [2.75, 3.05) is 32.8 Å². The molecule has 0 aliphatic carbocycles. The number of carbonyl (C=O) groups is 1. The summed E-state index contributed by atoms with van der Waals surface area (Å²) in [5.41, 5.74) is 3.72. The molecule has 0 spiro atoms. The van der Waals surface area contributed by atoms with Crippen molar-refractivity contribution < 1.29 is 17.9 Å². The van der Waals surface area contributed by atoms with E-state index in [0.29, 0.717) is 44.0 Å². The van der Waals surface area contributed by atoms with E-state index in [9.17, 15) is 13.2 Å². The molecule has 0 atom stereocenters. The first-order valence-corrected chi connectivity index (χ1v) is 11.5. The molecule has 0 radical (unpaired) electrons. The minimum absolute atomic E-state index is 0.0641. The number of benzene rings is 2. The third-order valence-electron chi connectivity index (χ3n) is 4.94. The molecular weight excluding hydrogens is 388 g/mol. The summed E-state index contributed by atoms with van der Waals surface area (Å²) < 4.78 is 31.6. The Balaban J connectivity index is 1.47. The zero-order valence-electron chi connectivity index (χ0n) is 16.8. The van der Waals surface area contributed by atoms with E-state index < -0.39 is 10.0 Å². The van der Waals surface area contributed by atoms with Gasteiger partial charge in [0.2, 0.25) is 10.0 Å². The largest absolute Gasteiger partial charge is 0.379 e. The molecule has 0 unspecified atom stereocenters. The molecule has 1 aliphatic heterocycles. The van der Waals surface area contributed by atoms with Gasteiger partial charge in [-0.05, 0) is 43.0 Å². The average Bonchev–Trinajstić information content (AvgIpc) is 2.72. The third kappa shape index (κ3) is 6.39. The van der Waals surface area contributed by atoms with Crippen LogP contribution in [0.2, 0.25) is 0 Å². The number of carbonyl (C=O) groups excluding carboxylic acids is 1. The second kappa shape index (κ2) is 10.0. The molecule has 2 aromatic rings. The Morgan fingerprint density at radius 1 is 1.07 bits per heavy atom. The maximum Gasteiger partial charge on any atom is 0.251 e. The van der Waals surface area contributed by atoms with Crippen LogP contribution in [0.5, 0.6) is 0 Å². The summed E-state index contributed by atoms with van der Waals surface area (Å²) in [7, 11) is -3.36. The molecule has 29 heavy (non-hydrogen) atoms. The molecule has 0 aromatic heterocycles. The topological polar surface area (TPSA) is 75.7 Å². The van der Waals surface area contributed by atoms with E-state index in [0.717, 1.165) is 12.8 Å². The number of sulfonamides is 1. The molecule has 1 heterocycles. The molecule has 156 valence electrons. The maximum atomic E-state index is 12.5. The summed E-state index contributed by atoms with van der Waals surface area (Å²) >= 11 is 0. The molecule has 2 aromatic carbocycles. The van der Waals surface area contributed by atoms with E-state index >= 15 is 0 Å². The highest BCUT2D eigenvalue weighted by molar-refractivity contribution is 7.88. The normalized spacial score (nSPS) is 15.2. The lowest BCUT2D eigenvalue weighted by Gasteiger charge is -2.26. The quantitative estimate of drug-likeness (QED) is 0.671. The Kier molecular flexibility index (Phi) is 7.41. The van der Waals surface area contributed by atoms with Crippen molar-refractivity contribution in [1.29, 1.82) is 0 Å². The van der Waals surface area contributed by atoms with Crippen LogP contribution in [0.15, 0.2) is 48.5 Å². The second-order valence-corrected chi connectivity index (χ2v) is 9.28. The van der Waals surface area contributed by atoms with Crippen molar-refractivity contribution in [2.24, 2.45) is 0 Å². The fourth-order valence-electron chi connectivity index (χ4n) is 3.34. The lowest BCUT2D eigenvalue weighted by molar-refractivity contribution is 0.0729. The summed E-state index contributed by atoms with van der Waals surface area (Å²) in [5.74, 6) is -0.206. The summed E-state index contributed by atoms with van der Waals surface area (Å²) in [6.07, 6.45) is 1.78. The standard InChI is InChI=1S/C22H28N2O4S/c1-18-4-2-5-19(16-18)6-3-11-23-22(25)21-9-7-20(8-10-21)17-29(26,27)24-12-14-28-15-13-24/h2,4-5,7-10,16H,3,6,11-15,17H2,1H3,(H,23,25). The van der Waals surface area contributed by atoms with Crippen LogP contribution in [-0.2, 0) is 26.9 Å². The van der Waals surface area contributed by atoms with Gasteiger partial charge in [0, 0.05) is 25.2 Å². The minimum Gasteiger partial charge on any atom is -0.379 e. The highest BCUT2D eigenvalue weighted by atomic mass is 32.2. The van der Waals surface area contributed by atoms with E-state index in [4.69, 9.17) is 4.74 Å². The van der Waals surface area contributed by atoms with Crippen LogP contribution < -0.4 is 5.32 Å². The number of amides is 1. The van der Waals surface area contributed by atoms with Gasteiger partial charge in [0.1, 0.15) is 0 Å². The molecule has 1 fully saturated rings. The molecule has 1 amide bonds. The molecule has 1 saturated heterocycles. The van der Waals surface area contributed by atoms with Crippen LogP contribution in [0, 0.1) is 6.92 Å². The molecule has 3 rings (SSSR count). The van der Waals surface area contributed by atoms with E-state index in [-0.39, 0.29) is 11.7 Å². The zero-order valence-corrected chi connectivity index (χ0v) is 17.6. The van der Waals surface area contributed by atoms with Gasteiger partial charge in [-0.1, -0.05) is 42.0 Å². The van der Waals surface area contributed by atoms with Gasteiger partial charge in [-0.3, -0.25) is 4.79 Å². The number of rotatable bonds is 8. The van der Waals surface area contributed by atoms with E-state index in [2.05, 4.69) is 30.4 Å². The number of nitrogens with one attached hydrogen (secondary N) is 1. The van der Waals surface area contributed by atoms with E-state index in [1.165, 1.54) is 15.4 Å². The fourth-order valence-corrected chi connectivity index (χ4v) is 4.84. The summed E-state index contributed by atoms with van der Waals surface area (Å²) in [6, 6.07) is 15.1. The summed E-state index contributed by atoms with van der Waals surface area (Å²) in [5, 5.41) is 2.92. The maximum absolute atomic E-state index is 12.5. The van der Waals surface area contributed by atoms with Gasteiger partial charge in [0.15, 0.2) is 0 Å². The number of morpholine rings is 1. The molecule has 1 aliphatic rings. The number of hydrogen-bond acceptors (Lipinski definition) is 4. The molecule has 7 heteroatoms. The minimum atomic E-state index is -3.36. The molecule has 0 bridgehead atoms. The van der Waals surface area contributed by atoms with E-state index in [1.54, 1.807) is 24.3 Å². The van der Waals surface area contributed by atoms with Crippen molar-refractivity contribution >= 4 is 15.9 Å². The van der Waals surface area contributed by atoms with E-state index in [1.807, 2.05) is 6.07 Å². The smallest absolute Gasteiger partial charge is 0.251 e. The monoisotopic (exact) mass is 416 g/mol. The van der Waals surface area contributed by atoms with Crippen molar-refractivity contribution in [3.8, 4) is 0 Å². The van der Waals surface area contributed by atoms with Crippen LogP contribution in [-0.4, -0.2) is 51.5 Å². The summed E-state index contributed by atoms with van der Waals surface area (Å²) in [4.78, 5) is 12.3. The number of nitrogens with zero attached hydrogens (tertiary/aromatic N) is 1. The Labute approximate surface area is 172 Å². The predicted molar refractivity (Wildman–Crippen MR) is 113 cm³/mol. The second-order valence-electron chi connectivity index (χ2n) is 7.31. The average molecular weight is 417 g/mol. The number of aryl methyl sites for hydroxylation is 2. The first-order chi connectivity index (χ1) is 13.9. The van der Waals surface area contributed by atoms with Crippen molar-refractivity contribution in [3.63, 3.8) is 0 Å². The SMILES string of the molecule is Cc1cccc(CCCNC(=O)c2ccc(CS(=O)(=O)N3CCOCC3)cc2)c1. The zero-order chi connectivity index (χ0) is 20.7. The van der Waals surface area contributed by atoms with Gasteiger partial charge < -0.3 is 10.1 Å². The van der Waals surface area contributed by atoms with Crippen LogP contribution in [0.3, 0.4) is 0 Å². The van der Waals surface area contributed by atoms with Gasteiger partial charge in [0.05, 0.1) is 19.0 Å². The lowest BCUT2D eigenvalue weighted by atomic mass is 10.1. The highest BCUT2D eigenvalue weighted by Crippen LogP contribution is 2.14. The molecule has 0 saturated carbocycles. The predicted octanol–water partition coefficient (Wildman–Crippen LogP) is 2.52. The third-order valence-corrected chi connectivity index (χ3v) is 6.79. The van der Waals surface area contributed by atoms with Gasteiger partial charge in [-0.15, -0.1) is 0 Å². The Hall–Kier alpha value is -2.22. The Bertz CT molecular complexity index is 920. The highest BCUT2D eigenvalue weighted by Gasteiger charge is 2.24. The van der Waals surface area contributed by atoms with Crippen LogP contribution in [0.25, 0.3) is 0 Å². The van der Waals surface area contributed by atoms with Crippen molar-refractivity contribution in [2.45, 2.75) is 25.5 Å². The van der Waals surface area contributed by atoms with Gasteiger partial charge in [0.25, 0.3) is 5.91 Å². The van der Waals surface area contributed by atoms with Crippen molar-refractivity contribution in [3.05, 3.63) is 70.8 Å². The van der Waals surface area contributed by atoms with Crippen LogP contribution >= 0.6 is 0 Å². The molecule has 1 N–H and O–H groups in total. The van der Waals surface area contributed by atoms with Gasteiger partial charge in [-0.2, -0.15) is 4.31 Å². The first kappa shape index (κ1) is 21.5. The van der Waals surface area contributed by atoms with Gasteiger partial charge in [-0.25, -0.2) is 8.42 Å². The van der Waals surface area contributed by atoms with Crippen molar-refractivity contribution in [1.82, 2.24) is 9.62 Å². The van der Waals surface area contributed by atoms with Crippen LogP contribution in [0.4, 0.5) is 0 Å². The number of ether oxygens (including phenoxy) is 1. The number of hydrogen-bond donors (Lipinski definition) is 1. The van der Waals surface area contributed by atoms with Crippen LogP contribution in [0.1, 0.15) is 33.5 Å². The Morgan fingerprint density at radius 3 is 2.48 bits per heavy atom.